The van der Waals surface area contributed by atoms with E-state index in [0.717, 1.165) is 16.2 Å². The molecule has 1 fully saturated rings. The number of hydrogen-bond acceptors (Lipinski definition) is 5. The van der Waals surface area contributed by atoms with Gasteiger partial charge >= 0.3 is 0 Å². The van der Waals surface area contributed by atoms with Crippen LogP contribution in [0.15, 0.2) is 73.2 Å². The molecule has 0 bridgehead atoms. The number of hydrogen-bond donors (Lipinski definition) is 1. The van der Waals surface area contributed by atoms with Gasteiger partial charge in [0.15, 0.2) is 0 Å². The molecule has 1 N–H and O–H groups in total. The second-order valence-corrected chi connectivity index (χ2v) is 7.15. The number of imidazole rings is 1. The molecule has 8 nitrogen and oxygen atoms in total. The molecule has 2 aromatic heterocycles. The van der Waals surface area contributed by atoms with Crippen LogP contribution in [0.1, 0.15) is 23.2 Å². The molecular formula is C23H17N5O3. The summed E-state index contributed by atoms with van der Waals surface area (Å²) < 4.78 is 1.85. The SMILES string of the molecule is O=C(Nc1ccc(-c2cn3cccnc3n2)cc1)c1ccc(N2C(=O)CCC2=O)cc1. The highest BCUT2D eigenvalue weighted by atomic mass is 16.2. The van der Waals surface area contributed by atoms with Crippen molar-refractivity contribution < 1.29 is 14.4 Å². The number of carbonyl (C=O) groups excluding carboxylic acids is 3. The van der Waals surface area contributed by atoms with Crippen molar-refractivity contribution in [2.75, 3.05) is 10.2 Å². The van der Waals surface area contributed by atoms with E-state index < -0.39 is 0 Å². The number of carbonyl (C=O) groups is 3. The number of anilines is 2. The zero-order valence-electron chi connectivity index (χ0n) is 16.4. The Kier molecular flexibility index (Phi) is 4.51. The molecule has 31 heavy (non-hydrogen) atoms. The predicted octanol–water partition coefficient (Wildman–Crippen LogP) is 3.30. The minimum Gasteiger partial charge on any atom is -0.322 e. The van der Waals surface area contributed by atoms with E-state index in [1.807, 2.05) is 35.0 Å². The average molecular weight is 411 g/mol. The third-order valence-electron chi connectivity index (χ3n) is 5.11. The first-order valence-electron chi connectivity index (χ1n) is 9.76. The summed E-state index contributed by atoms with van der Waals surface area (Å²) in [5.74, 6) is -0.0988. The van der Waals surface area contributed by atoms with Crippen LogP contribution in [0.4, 0.5) is 11.4 Å². The van der Waals surface area contributed by atoms with Gasteiger partial charge in [0.25, 0.3) is 5.91 Å². The highest BCUT2D eigenvalue weighted by Crippen LogP contribution is 2.24. The minimum atomic E-state index is -0.282. The maximum absolute atomic E-state index is 12.6. The Labute approximate surface area is 177 Å². The van der Waals surface area contributed by atoms with E-state index in [9.17, 15) is 14.4 Å². The van der Waals surface area contributed by atoms with Gasteiger partial charge in [-0.1, -0.05) is 12.1 Å². The number of imide groups is 1. The Bertz CT molecular complexity index is 1260. The summed E-state index contributed by atoms with van der Waals surface area (Å²) in [4.78, 5) is 46.1. The van der Waals surface area contributed by atoms with Crippen molar-refractivity contribution in [1.82, 2.24) is 14.4 Å². The zero-order chi connectivity index (χ0) is 21.4. The summed E-state index contributed by atoms with van der Waals surface area (Å²) in [6, 6.07) is 15.6. The van der Waals surface area contributed by atoms with Crippen molar-refractivity contribution in [3.63, 3.8) is 0 Å². The fraction of sp³-hybridized carbons (Fsp3) is 0.0870. The molecule has 1 aliphatic heterocycles. The Morgan fingerprint density at radius 3 is 2.32 bits per heavy atom. The lowest BCUT2D eigenvalue weighted by Gasteiger charge is -2.14. The lowest BCUT2D eigenvalue weighted by atomic mass is 10.1. The third kappa shape index (κ3) is 3.55. The highest BCUT2D eigenvalue weighted by molar-refractivity contribution is 6.20. The van der Waals surface area contributed by atoms with Crippen LogP contribution in [0, 0.1) is 0 Å². The van der Waals surface area contributed by atoms with Crippen LogP contribution in [-0.2, 0) is 9.59 Å². The highest BCUT2D eigenvalue weighted by Gasteiger charge is 2.30. The number of nitrogens with one attached hydrogen (secondary N) is 1. The normalized spacial score (nSPS) is 13.7. The van der Waals surface area contributed by atoms with Crippen molar-refractivity contribution in [3.8, 4) is 11.3 Å². The Morgan fingerprint density at radius 1 is 0.935 bits per heavy atom. The number of amides is 3. The van der Waals surface area contributed by atoms with Crippen LogP contribution in [0.2, 0.25) is 0 Å². The van der Waals surface area contributed by atoms with E-state index in [1.165, 1.54) is 0 Å². The fourth-order valence-corrected chi connectivity index (χ4v) is 3.52. The van der Waals surface area contributed by atoms with Crippen LogP contribution in [0.3, 0.4) is 0 Å². The van der Waals surface area contributed by atoms with Crippen molar-refractivity contribution >= 4 is 34.9 Å². The molecule has 3 amide bonds. The second kappa shape index (κ2) is 7.49. The molecule has 2 aromatic carbocycles. The van der Waals surface area contributed by atoms with Gasteiger partial charge in [0.05, 0.1) is 11.4 Å². The monoisotopic (exact) mass is 411 g/mol. The first kappa shape index (κ1) is 18.7. The van der Waals surface area contributed by atoms with E-state index in [4.69, 9.17) is 0 Å². The number of nitrogens with zero attached hydrogens (tertiary/aromatic N) is 4. The molecule has 0 spiro atoms. The van der Waals surface area contributed by atoms with Crippen molar-refractivity contribution in [2.45, 2.75) is 12.8 Å². The molecule has 0 saturated carbocycles. The van der Waals surface area contributed by atoms with Crippen LogP contribution < -0.4 is 10.2 Å². The van der Waals surface area contributed by atoms with Crippen molar-refractivity contribution in [2.24, 2.45) is 0 Å². The van der Waals surface area contributed by atoms with Crippen LogP contribution in [0.5, 0.6) is 0 Å². The summed E-state index contributed by atoms with van der Waals surface area (Å²) in [7, 11) is 0. The third-order valence-corrected chi connectivity index (χ3v) is 5.11. The molecular weight excluding hydrogens is 394 g/mol. The molecule has 0 atom stereocenters. The first-order valence-corrected chi connectivity index (χ1v) is 9.76. The molecule has 8 heteroatoms. The quantitative estimate of drug-likeness (QED) is 0.520. The Morgan fingerprint density at radius 2 is 1.65 bits per heavy atom. The standard InChI is InChI=1S/C23H17N5O3/c29-20-10-11-21(30)28(20)18-8-4-16(5-9-18)22(31)25-17-6-2-15(3-7-17)19-14-27-13-1-12-24-23(27)26-19/h1-9,12-14H,10-11H2,(H,25,31). The first-order chi connectivity index (χ1) is 15.1. The van der Waals surface area contributed by atoms with Gasteiger partial charge in [-0.05, 0) is 42.5 Å². The summed E-state index contributed by atoms with van der Waals surface area (Å²) in [6.45, 7) is 0. The van der Waals surface area contributed by atoms with Crippen molar-refractivity contribution in [3.05, 3.63) is 78.8 Å². The zero-order valence-corrected chi connectivity index (χ0v) is 16.4. The van der Waals surface area contributed by atoms with Crippen molar-refractivity contribution in [1.29, 1.82) is 0 Å². The van der Waals surface area contributed by atoms with E-state index >= 15 is 0 Å². The molecule has 4 aromatic rings. The minimum absolute atomic E-state index is 0.219. The second-order valence-electron chi connectivity index (χ2n) is 7.15. The molecule has 0 unspecified atom stereocenters. The van der Waals surface area contributed by atoms with Crippen LogP contribution in [0.25, 0.3) is 17.0 Å². The summed E-state index contributed by atoms with van der Waals surface area (Å²) >= 11 is 0. The van der Waals surface area contributed by atoms with Crippen LogP contribution in [-0.4, -0.2) is 32.1 Å². The smallest absolute Gasteiger partial charge is 0.255 e. The molecule has 5 rings (SSSR count). The Balaban J connectivity index is 1.29. The topological polar surface area (TPSA) is 96.7 Å². The summed E-state index contributed by atoms with van der Waals surface area (Å²) in [5, 5.41) is 2.85. The molecule has 152 valence electrons. The summed E-state index contributed by atoms with van der Waals surface area (Å²) in [6.07, 6.45) is 5.92. The molecule has 0 aliphatic carbocycles. The van der Waals surface area contributed by atoms with Gasteiger partial charge in [-0.25, -0.2) is 9.97 Å². The lowest BCUT2D eigenvalue weighted by molar-refractivity contribution is -0.121. The van der Waals surface area contributed by atoms with E-state index in [-0.39, 0.29) is 30.6 Å². The molecule has 0 radical (unpaired) electrons. The Hall–Kier alpha value is -4.33. The van der Waals surface area contributed by atoms with Crippen LogP contribution >= 0.6 is 0 Å². The number of aromatic nitrogens is 3. The van der Waals surface area contributed by atoms with Gasteiger partial charge in [-0.2, -0.15) is 0 Å². The van der Waals surface area contributed by atoms with E-state index in [2.05, 4.69) is 15.3 Å². The predicted molar refractivity (Wildman–Crippen MR) is 115 cm³/mol. The van der Waals surface area contributed by atoms with E-state index in [1.54, 1.807) is 42.6 Å². The number of rotatable bonds is 4. The largest absolute Gasteiger partial charge is 0.322 e. The maximum atomic E-state index is 12.6. The fourth-order valence-electron chi connectivity index (χ4n) is 3.52. The van der Waals surface area contributed by atoms with Gasteiger partial charge < -0.3 is 5.32 Å². The maximum Gasteiger partial charge on any atom is 0.255 e. The lowest BCUT2D eigenvalue weighted by Crippen LogP contribution is -2.28. The number of benzene rings is 2. The number of fused-ring (bicyclic) bond motifs is 1. The van der Waals surface area contributed by atoms with Gasteiger partial charge in [0.2, 0.25) is 17.6 Å². The van der Waals surface area contributed by atoms with Gasteiger partial charge in [-0.15, -0.1) is 0 Å². The molecule has 1 aliphatic rings. The van der Waals surface area contributed by atoms with Gasteiger partial charge in [-0.3, -0.25) is 23.7 Å². The van der Waals surface area contributed by atoms with Gasteiger partial charge in [0.1, 0.15) is 0 Å². The molecule has 3 heterocycles. The molecule has 1 saturated heterocycles. The summed E-state index contributed by atoms with van der Waals surface area (Å²) in [5.41, 5.74) is 3.25. The van der Waals surface area contributed by atoms with Gasteiger partial charge in [0, 0.05) is 48.2 Å². The average Bonchev–Trinajstić information content (AvgIpc) is 3.37. The van der Waals surface area contributed by atoms with E-state index in [0.29, 0.717) is 22.7 Å².